The molecular formula is C29H21Cl4F2N3O4. The number of carbonyl (C=O) groups excluding carboxylic acids is 2. The summed E-state index contributed by atoms with van der Waals surface area (Å²) < 4.78 is 30.3. The van der Waals surface area contributed by atoms with Crippen molar-refractivity contribution in [3.05, 3.63) is 91.9 Å². The summed E-state index contributed by atoms with van der Waals surface area (Å²) in [6.45, 7) is -0.986. The van der Waals surface area contributed by atoms with Crippen molar-refractivity contribution in [2.45, 2.75) is 30.5 Å². The maximum absolute atomic E-state index is 15.2. The summed E-state index contributed by atoms with van der Waals surface area (Å²) in [5.41, 5.74) is -1.15. The van der Waals surface area contributed by atoms with Crippen molar-refractivity contribution in [3.63, 3.8) is 0 Å². The number of rotatable bonds is 5. The molecule has 2 amide bonds. The molecule has 7 nitrogen and oxygen atoms in total. The van der Waals surface area contributed by atoms with E-state index in [0.717, 1.165) is 4.90 Å². The molecule has 3 aliphatic rings. The van der Waals surface area contributed by atoms with Gasteiger partial charge >= 0.3 is 5.97 Å². The van der Waals surface area contributed by atoms with Gasteiger partial charge in [-0.2, -0.15) is 0 Å². The van der Waals surface area contributed by atoms with Gasteiger partial charge in [-0.1, -0.05) is 76.7 Å². The van der Waals surface area contributed by atoms with Crippen LogP contribution in [0.25, 0.3) is 0 Å². The fourth-order valence-electron chi connectivity index (χ4n) is 6.72. The van der Waals surface area contributed by atoms with Crippen molar-refractivity contribution < 1.29 is 28.3 Å². The SMILES string of the molecule is O=C(O)[C@H]1[C@@H](C(=O)N(Cc2ccccc2)c2cc(Cl)cc(Cl)c2)[C@H]2CC(F)(F)CN2[C@]12C(=O)Nc1c(Cl)cc(Cl)cc12. The Bertz CT molecular complexity index is 1620. The highest BCUT2D eigenvalue weighted by atomic mass is 35.5. The second kappa shape index (κ2) is 10.3. The predicted molar refractivity (Wildman–Crippen MR) is 156 cm³/mol. The summed E-state index contributed by atoms with van der Waals surface area (Å²) in [4.78, 5) is 44.1. The average molecular weight is 655 g/mol. The van der Waals surface area contributed by atoms with Crippen LogP contribution >= 0.6 is 46.4 Å². The molecule has 3 heterocycles. The number of aliphatic carboxylic acids is 1. The van der Waals surface area contributed by atoms with Gasteiger partial charge in [-0.15, -0.1) is 0 Å². The molecule has 6 rings (SSSR count). The molecule has 0 aliphatic carbocycles. The minimum absolute atomic E-state index is 0.0171. The molecular weight excluding hydrogens is 634 g/mol. The van der Waals surface area contributed by atoms with Crippen molar-refractivity contribution in [3.8, 4) is 0 Å². The van der Waals surface area contributed by atoms with Crippen LogP contribution in [0, 0.1) is 11.8 Å². The molecule has 0 radical (unpaired) electrons. The Labute approximate surface area is 258 Å². The van der Waals surface area contributed by atoms with Gasteiger partial charge in [-0.3, -0.25) is 19.3 Å². The molecule has 42 heavy (non-hydrogen) atoms. The van der Waals surface area contributed by atoms with Crippen molar-refractivity contribution in [1.29, 1.82) is 0 Å². The fourth-order valence-corrected chi connectivity index (χ4v) is 7.77. The number of nitrogens with one attached hydrogen (secondary N) is 1. The normalized spacial score (nSPS) is 25.8. The highest BCUT2D eigenvalue weighted by Crippen LogP contribution is 2.61. The molecule has 0 saturated carbocycles. The van der Waals surface area contributed by atoms with Crippen LogP contribution in [0.15, 0.2) is 60.7 Å². The minimum atomic E-state index is -3.31. The molecule has 0 bridgehead atoms. The van der Waals surface area contributed by atoms with Crippen LogP contribution in [0.2, 0.25) is 20.1 Å². The molecule has 3 aromatic carbocycles. The molecule has 4 atom stereocenters. The van der Waals surface area contributed by atoms with Gasteiger partial charge in [0.1, 0.15) is 11.5 Å². The maximum Gasteiger partial charge on any atom is 0.310 e. The Balaban J connectivity index is 1.56. The zero-order valence-corrected chi connectivity index (χ0v) is 24.5. The first-order valence-electron chi connectivity index (χ1n) is 12.8. The number of anilines is 2. The van der Waals surface area contributed by atoms with Crippen molar-refractivity contribution in [1.82, 2.24) is 4.90 Å². The second-order valence-electron chi connectivity index (χ2n) is 10.7. The molecule has 218 valence electrons. The van der Waals surface area contributed by atoms with Crippen molar-refractivity contribution in [2.75, 3.05) is 16.8 Å². The molecule has 2 fully saturated rings. The number of hydrogen-bond acceptors (Lipinski definition) is 4. The molecule has 2 saturated heterocycles. The lowest BCUT2D eigenvalue weighted by Crippen LogP contribution is -2.54. The molecule has 13 heteroatoms. The van der Waals surface area contributed by atoms with Crippen LogP contribution in [-0.4, -0.2) is 46.3 Å². The van der Waals surface area contributed by atoms with Crippen LogP contribution in [0.1, 0.15) is 17.5 Å². The molecule has 1 spiro atoms. The van der Waals surface area contributed by atoms with Crippen molar-refractivity contribution >= 4 is 75.6 Å². The Morgan fingerprint density at radius 1 is 1.00 bits per heavy atom. The number of carbonyl (C=O) groups is 3. The lowest BCUT2D eigenvalue weighted by molar-refractivity contribution is -0.153. The van der Waals surface area contributed by atoms with E-state index in [1.807, 2.05) is 0 Å². The first-order chi connectivity index (χ1) is 19.8. The number of hydrogen-bond donors (Lipinski definition) is 2. The van der Waals surface area contributed by atoms with E-state index in [2.05, 4.69) is 5.32 Å². The van der Waals surface area contributed by atoms with E-state index in [9.17, 15) is 19.5 Å². The topological polar surface area (TPSA) is 90.0 Å². The Morgan fingerprint density at radius 3 is 2.29 bits per heavy atom. The molecule has 0 aromatic heterocycles. The van der Waals surface area contributed by atoms with Gasteiger partial charge in [0.15, 0.2) is 0 Å². The highest BCUT2D eigenvalue weighted by Gasteiger charge is 2.74. The maximum atomic E-state index is 15.2. The van der Waals surface area contributed by atoms with E-state index in [-0.39, 0.29) is 43.6 Å². The number of carboxylic acid groups (broad SMARTS) is 1. The molecule has 3 aliphatic heterocycles. The van der Waals surface area contributed by atoms with Gasteiger partial charge < -0.3 is 15.3 Å². The van der Waals surface area contributed by atoms with E-state index in [1.54, 1.807) is 30.3 Å². The minimum Gasteiger partial charge on any atom is -0.481 e. The van der Waals surface area contributed by atoms with Crippen LogP contribution in [0.4, 0.5) is 20.2 Å². The number of alkyl halides is 2. The summed E-state index contributed by atoms with van der Waals surface area (Å²) in [5.74, 6) is -9.80. The monoisotopic (exact) mass is 653 g/mol. The Kier molecular flexibility index (Phi) is 7.18. The largest absolute Gasteiger partial charge is 0.481 e. The first kappa shape index (κ1) is 29.1. The summed E-state index contributed by atoms with van der Waals surface area (Å²) >= 11 is 25.2. The number of fused-ring (bicyclic) bond motifs is 4. The smallest absolute Gasteiger partial charge is 0.310 e. The third-order valence-corrected chi connectivity index (χ3v) is 9.15. The third-order valence-electron chi connectivity index (χ3n) is 8.20. The summed E-state index contributed by atoms with van der Waals surface area (Å²) in [5, 5.41) is 13.8. The summed E-state index contributed by atoms with van der Waals surface area (Å²) in [6.07, 6.45) is -0.832. The van der Waals surface area contributed by atoms with E-state index in [1.165, 1.54) is 35.2 Å². The molecule has 3 aromatic rings. The quantitative estimate of drug-likeness (QED) is 0.319. The number of carboxylic acids is 1. The zero-order chi connectivity index (χ0) is 30.1. The highest BCUT2D eigenvalue weighted by molar-refractivity contribution is 6.38. The first-order valence-corrected chi connectivity index (χ1v) is 14.3. The van der Waals surface area contributed by atoms with Gasteiger partial charge in [-0.05, 0) is 35.9 Å². The van der Waals surface area contributed by atoms with E-state index in [0.29, 0.717) is 5.56 Å². The van der Waals surface area contributed by atoms with Crippen LogP contribution in [0.5, 0.6) is 0 Å². The van der Waals surface area contributed by atoms with E-state index >= 15 is 8.78 Å². The summed E-state index contributed by atoms with van der Waals surface area (Å²) in [6, 6.07) is 14.7. The number of benzene rings is 3. The number of halogens is 6. The van der Waals surface area contributed by atoms with Crippen molar-refractivity contribution in [2.24, 2.45) is 11.8 Å². The second-order valence-corrected chi connectivity index (χ2v) is 12.4. The lowest BCUT2D eigenvalue weighted by Gasteiger charge is -2.36. The van der Waals surface area contributed by atoms with Gasteiger partial charge in [0.05, 0.1) is 29.7 Å². The zero-order valence-electron chi connectivity index (χ0n) is 21.5. The molecule has 2 N–H and O–H groups in total. The van der Waals surface area contributed by atoms with Gasteiger partial charge in [-0.25, -0.2) is 8.78 Å². The van der Waals surface area contributed by atoms with E-state index in [4.69, 9.17) is 46.4 Å². The van der Waals surface area contributed by atoms with Gasteiger partial charge in [0, 0.05) is 38.8 Å². The number of amides is 2. The van der Waals surface area contributed by atoms with E-state index < -0.39 is 60.1 Å². The standard InChI is InChI=1S/C29H21Cl4F2N3O4/c30-15-6-16(31)8-18(7-15)37(12-14-4-2-1-3-5-14)25(39)22-21-11-28(34,35)13-38(21)29(23(22)26(40)41)19-9-17(32)10-20(33)24(19)36-27(29)42/h1-10,21-23H,11-13H2,(H,36,42)(H,40,41)/t21-,22+,23-,29+/m1/s1. The fraction of sp³-hybridized carbons (Fsp3) is 0.276. The predicted octanol–water partition coefficient (Wildman–Crippen LogP) is 6.72. The van der Waals surface area contributed by atoms with Gasteiger partial charge in [0.25, 0.3) is 11.8 Å². The van der Waals surface area contributed by atoms with Gasteiger partial charge in [0.2, 0.25) is 5.91 Å². The summed E-state index contributed by atoms with van der Waals surface area (Å²) in [7, 11) is 0. The Morgan fingerprint density at radius 2 is 1.64 bits per heavy atom. The average Bonchev–Trinajstić information content (AvgIpc) is 3.48. The van der Waals surface area contributed by atoms with Crippen LogP contribution in [-0.2, 0) is 26.5 Å². The van der Waals surface area contributed by atoms with Crippen LogP contribution < -0.4 is 10.2 Å². The third kappa shape index (κ3) is 4.53. The number of nitrogens with zero attached hydrogens (tertiary/aromatic N) is 2. The lowest BCUT2D eigenvalue weighted by atomic mass is 9.73. The Hall–Kier alpha value is -2.95. The van der Waals surface area contributed by atoms with Crippen LogP contribution in [0.3, 0.4) is 0 Å². The molecule has 0 unspecified atom stereocenters.